The van der Waals surface area contributed by atoms with Gasteiger partial charge in [0.05, 0.1) is 0 Å². The summed E-state index contributed by atoms with van der Waals surface area (Å²) in [7, 11) is 0. The number of amides is 1. The molecule has 0 bridgehead atoms. The third-order valence-electron chi connectivity index (χ3n) is 2.05. The minimum absolute atomic E-state index is 0.0292. The predicted molar refractivity (Wildman–Crippen MR) is 70.2 cm³/mol. The van der Waals surface area contributed by atoms with E-state index in [9.17, 15) is 4.79 Å². The van der Waals surface area contributed by atoms with Gasteiger partial charge in [-0.25, -0.2) is 0 Å². The van der Waals surface area contributed by atoms with Crippen molar-refractivity contribution in [3.63, 3.8) is 0 Å². The van der Waals surface area contributed by atoms with Gasteiger partial charge in [-0.1, -0.05) is 6.92 Å². The largest absolute Gasteiger partial charge is 0.380 e. The number of hydrogen-bond donors (Lipinski definition) is 2. The molecule has 1 heterocycles. The normalized spacial score (nSPS) is 11.1. The molecule has 0 atom stereocenters. The van der Waals surface area contributed by atoms with E-state index in [0.717, 1.165) is 12.1 Å². The van der Waals surface area contributed by atoms with Crippen LogP contribution >= 0.6 is 0 Å². The minimum atomic E-state index is -0.121. The fourth-order valence-electron chi connectivity index (χ4n) is 1.39. The Morgan fingerprint density at radius 2 is 2.12 bits per heavy atom. The Bertz CT molecular complexity index is 382. The number of pyridine rings is 1. The zero-order chi connectivity index (χ0) is 12.9. The molecule has 1 rings (SSSR count). The lowest BCUT2D eigenvalue weighted by atomic mass is 10.1. The Morgan fingerprint density at radius 1 is 1.41 bits per heavy atom. The number of anilines is 1. The lowest BCUT2D eigenvalue weighted by Gasteiger charge is -2.22. The van der Waals surface area contributed by atoms with Crippen molar-refractivity contribution in [2.45, 2.75) is 39.7 Å². The molecule has 4 nitrogen and oxygen atoms in total. The molecule has 94 valence electrons. The van der Waals surface area contributed by atoms with Crippen molar-refractivity contribution in [1.29, 1.82) is 0 Å². The van der Waals surface area contributed by atoms with Gasteiger partial charge in [-0.3, -0.25) is 9.78 Å². The molecule has 0 radical (unpaired) electrons. The van der Waals surface area contributed by atoms with E-state index in [2.05, 4.69) is 36.4 Å². The van der Waals surface area contributed by atoms with Crippen LogP contribution in [0, 0.1) is 0 Å². The Morgan fingerprint density at radius 3 is 2.71 bits per heavy atom. The summed E-state index contributed by atoms with van der Waals surface area (Å²) in [5.74, 6) is -0.121. The molecule has 0 saturated heterocycles. The van der Waals surface area contributed by atoms with Gasteiger partial charge in [-0.15, -0.1) is 0 Å². The molecule has 1 amide bonds. The lowest BCUT2D eigenvalue weighted by molar-refractivity contribution is 0.0948. The number of nitrogens with zero attached hydrogens (tertiary/aromatic N) is 1. The third kappa shape index (κ3) is 4.85. The molecule has 0 aliphatic carbocycles. The first-order chi connectivity index (χ1) is 7.92. The highest BCUT2D eigenvalue weighted by atomic mass is 16.1. The highest BCUT2D eigenvalue weighted by Crippen LogP contribution is 2.14. The highest BCUT2D eigenvalue weighted by Gasteiger charge is 2.11. The first-order valence-corrected chi connectivity index (χ1v) is 5.95. The zero-order valence-electron chi connectivity index (χ0n) is 11.0. The fraction of sp³-hybridized carbons (Fsp3) is 0.538. The van der Waals surface area contributed by atoms with Crippen molar-refractivity contribution in [3.8, 4) is 0 Å². The van der Waals surface area contributed by atoms with Crippen molar-refractivity contribution in [1.82, 2.24) is 10.3 Å². The van der Waals surface area contributed by atoms with Gasteiger partial charge in [-0.05, 0) is 39.3 Å². The second kappa shape index (κ2) is 5.66. The molecule has 4 heteroatoms. The van der Waals surface area contributed by atoms with Crippen LogP contribution in [0.25, 0.3) is 0 Å². The smallest absolute Gasteiger partial charge is 0.269 e. The third-order valence-corrected chi connectivity index (χ3v) is 2.05. The fourth-order valence-corrected chi connectivity index (χ4v) is 1.39. The van der Waals surface area contributed by atoms with E-state index >= 15 is 0 Å². The molecule has 1 aromatic rings. The average molecular weight is 235 g/mol. The van der Waals surface area contributed by atoms with Gasteiger partial charge in [0, 0.05) is 24.0 Å². The van der Waals surface area contributed by atoms with Gasteiger partial charge in [0.1, 0.15) is 5.69 Å². The molecule has 2 N–H and O–H groups in total. The maximum absolute atomic E-state index is 11.7. The maximum atomic E-state index is 11.7. The van der Waals surface area contributed by atoms with Crippen molar-refractivity contribution in [2.75, 3.05) is 11.9 Å². The van der Waals surface area contributed by atoms with E-state index in [4.69, 9.17) is 0 Å². The van der Waals surface area contributed by atoms with Crippen molar-refractivity contribution < 1.29 is 4.79 Å². The quantitative estimate of drug-likeness (QED) is 0.842. The first-order valence-electron chi connectivity index (χ1n) is 5.95. The number of carbonyl (C=O) groups excluding carboxylic acids is 1. The summed E-state index contributed by atoms with van der Waals surface area (Å²) < 4.78 is 0. The molecule has 0 aromatic carbocycles. The number of nitrogens with one attached hydrogen (secondary N) is 2. The summed E-state index contributed by atoms with van der Waals surface area (Å²) in [5, 5.41) is 6.12. The Kier molecular flexibility index (Phi) is 4.49. The summed E-state index contributed by atoms with van der Waals surface area (Å²) in [5.41, 5.74) is 1.33. The number of carbonyl (C=O) groups is 1. The summed E-state index contributed by atoms with van der Waals surface area (Å²) in [6.45, 7) is 8.92. The molecule has 0 fully saturated rings. The SMILES string of the molecule is CCCNC(=O)c1cc(NC(C)(C)C)ccn1. The van der Waals surface area contributed by atoms with Crippen LogP contribution in [0.5, 0.6) is 0 Å². The standard InChI is InChI=1S/C13H21N3O/c1-5-7-15-12(17)11-9-10(6-8-14-11)16-13(2,3)4/h6,8-9H,5,7H2,1-4H3,(H,14,16)(H,15,17). The van der Waals surface area contributed by atoms with Crippen LogP contribution in [0.15, 0.2) is 18.3 Å². The second-order valence-electron chi connectivity index (χ2n) is 5.06. The average Bonchev–Trinajstić information content (AvgIpc) is 2.24. The van der Waals surface area contributed by atoms with Gasteiger partial charge >= 0.3 is 0 Å². The molecule has 0 unspecified atom stereocenters. The van der Waals surface area contributed by atoms with Crippen LogP contribution in [0.1, 0.15) is 44.6 Å². The summed E-state index contributed by atoms with van der Waals surface area (Å²) >= 11 is 0. The Balaban J connectivity index is 2.75. The first kappa shape index (κ1) is 13.5. The molecule has 0 aliphatic rings. The summed E-state index contributed by atoms with van der Waals surface area (Å²) in [6.07, 6.45) is 2.57. The molecule has 0 spiro atoms. The van der Waals surface area contributed by atoms with Crippen molar-refractivity contribution >= 4 is 11.6 Å². The van der Waals surface area contributed by atoms with E-state index in [0.29, 0.717) is 12.2 Å². The summed E-state index contributed by atoms with van der Waals surface area (Å²) in [6, 6.07) is 3.64. The van der Waals surface area contributed by atoms with Crippen LogP contribution in [0.2, 0.25) is 0 Å². The Labute approximate surface area is 103 Å². The number of aromatic nitrogens is 1. The van der Waals surface area contributed by atoms with Gasteiger partial charge in [-0.2, -0.15) is 0 Å². The maximum Gasteiger partial charge on any atom is 0.269 e. The Hall–Kier alpha value is -1.58. The van der Waals surface area contributed by atoms with Crippen molar-refractivity contribution in [2.24, 2.45) is 0 Å². The molecule has 0 aliphatic heterocycles. The van der Waals surface area contributed by atoms with E-state index in [1.54, 1.807) is 12.3 Å². The topological polar surface area (TPSA) is 54.0 Å². The summed E-state index contributed by atoms with van der Waals surface area (Å²) in [4.78, 5) is 15.8. The van der Waals surface area contributed by atoms with Crippen molar-refractivity contribution in [3.05, 3.63) is 24.0 Å². The molecule has 1 aromatic heterocycles. The molecule has 17 heavy (non-hydrogen) atoms. The van der Waals surface area contributed by atoms with Crippen LogP contribution in [-0.4, -0.2) is 23.0 Å². The minimum Gasteiger partial charge on any atom is -0.380 e. The van der Waals surface area contributed by atoms with Gasteiger partial charge < -0.3 is 10.6 Å². The van der Waals surface area contributed by atoms with Gasteiger partial charge in [0.2, 0.25) is 0 Å². The zero-order valence-corrected chi connectivity index (χ0v) is 11.0. The molecular weight excluding hydrogens is 214 g/mol. The van der Waals surface area contributed by atoms with E-state index in [-0.39, 0.29) is 11.4 Å². The monoisotopic (exact) mass is 235 g/mol. The van der Waals surface area contributed by atoms with E-state index < -0.39 is 0 Å². The van der Waals surface area contributed by atoms with Crippen LogP contribution in [0.3, 0.4) is 0 Å². The van der Waals surface area contributed by atoms with Crippen LogP contribution in [-0.2, 0) is 0 Å². The number of hydrogen-bond acceptors (Lipinski definition) is 3. The van der Waals surface area contributed by atoms with Crippen LogP contribution < -0.4 is 10.6 Å². The lowest BCUT2D eigenvalue weighted by Crippen LogP contribution is -2.27. The number of rotatable bonds is 4. The highest BCUT2D eigenvalue weighted by molar-refractivity contribution is 5.93. The van der Waals surface area contributed by atoms with Gasteiger partial charge in [0.25, 0.3) is 5.91 Å². The van der Waals surface area contributed by atoms with Crippen LogP contribution in [0.4, 0.5) is 5.69 Å². The molecule has 0 saturated carbocycles. The van der Waals surface area contributed by atoms with E-state index in [1.807, 2.05) is 13.0 Å². The molecular formula is C13H21N3O. The predicted octanol–water partition coefficient (Wildman–Crippen LogP) is 2.43. The van der Waals surface area contributed by atoms with E-state index in [1.165, 1.54) is 0 Å². The van der Waals surface area contributed by atoms with Gasteiger partial charge in [0.15, 0.2) is 0 Å². The second-order valence-corrected chi connectivity index (χ2v) is 5.06.